The van der Waals surface area contributed by atoms with Gasteiger partial charge in [0.15, 0.2) is 12.1 Å². The van der Waals surface area contributed by atoms with Crippen LogP contribution < -0.4 is 0 Å². The molecule has 1 rings (SSSR count). The zero-order chi connectivity index (χ0) is 10.0. The Balaban J connectivity index is 2.55. The molecule has 0 amide bonds. The molecule has 1 heterocycles. The Kier molecular flexibility index (Phi) is 3.45. The standard InChI is InChI=1S/C10H18O3/c1-6(2)10(12)8-4-7(3)5-9(11)13-8/h6-9,11H,4-5H2,1-3H3/t7-,8-,9-/m0/s1. The van der Waals surface area contributed by atoms with E-state index in [1.165, 1.54) is 0 Å². The van der Waals surface area contributed by atoms with Crippen LogP contribution in [0, 0.1) is 11.8 Å². The van der Waals surface area contributed by atoms with Gasteiger partial charge in [0, 0.05) is 12.3 Å². The van der Waals surface area contributed by atoms with Gasteiger partial charge < -0.3 is 9.84 Å². The number of rotatable bonds is 2. The van der Waals surface area contributed by atoms with Gasteiger partial charge in [-0.1, -0.05) is 20.8 Å². The van der Waals surface area contributed by atoms with E-state index in [0.717, 1.165) is 6.42 Å². The van der Waals surface area contributed by atoms with Crippen molar-refractivity contribution in [3.05, 3.63) is 0 Å². The number of Topliss-reactive ketones (excluding diaryl/α,β-unsaturated/α-hetero) is 1. The van der Waals surface area contributed by atoms with Crippen molar-refractivity contribution in [1.82, 2.24) is 0 Å². The third kappa shape index (κ3) is 2.78. The van der Waals surface area contributed by atoms with E-state index in [1.807, 2.05) is 20.8 Å². The van der Waals surface area contributed by atoms with Crippen LogP contribution in [-0.4, -0.2) is 23.3 Å². The lowest BCUT2D eigenvalue weighted by Crippen LogP contribution is -2.38. The molecule has 0 saturated carbocycles. The van der Waals surface area contributed by atoms with Crippen molar-refractivity contribution >= 4 is 5.78 Å². The Bertz CT molecular complexity index is 179. The first-order chi connectivity index (χ1) is 6.00. The number of ether oxygens (including phenoxy) is 1. The molecule has 3 heteroatoms. The van der Waals surface area contributed by atoms with Crippen molar-refractivity contribution in [2.75, 3.05) is 0 Å². The Morgan fingerprint density at radius 1 is 1.46 bits per heavy atom. The van der Waals surface area contributed by atoms with Crippen molar-refractivity contribution in [2.24, 2.45) is 11.8 Å². The van der Waals surface area contributed by atoms with E-state index >= 15 is 0 Å². The number of hydrogen-bond acceptors (Lipinski definition) is 3. The van der Waals surface area contributed by atoms with Crippen molar-refractivity contribution in [3.8, 4) is 0 Å². The van der Waals surface area contributed by atoms with Gasteiger partial charge in [0.2, 0.25) is 0 Å². The summed E-state index contributed by atoms with van der Waals surface area (Å²) in [4.78, 5) is 11.6. The Morgan fingerprint density at radius 2 is 2.08 bits per heavy atom. The Labute approximate surface area is 79.1 Å². The first kappa shape index (κ1) is 10.7. The summed E-state index contributed by atoms with van der Waals surface area (Å²) in [6.45, 7) is 5.75. The molecule has 0 radical (unpaired) electrons. The topological polar surface area (TPSA) is 46.5 Å². The highest BCUT2D eigenvalue weighted by atomic mass is 16.6. The number of aliphatic hydroxyl groups excluding tert-OH is 1. The fourth-order valence-corrected chi connectivity index (χ4v) is 1.66. The molecule has 0 aromatic carbocycles. The van der Waals surface area contributed by atoms with Crippen molar-refractivity contribution < 1.29 is 14.6 Å². The zero-order valence-electron chi connectivity index (χ0n) is 8.49. The van der Waals surface area contributed by atoms with Crippen LogP contribution in [0.25, 0.3) is 0 Å². The average molecular weight is 186 g/mol. The second kappa shape index (κ2) is 4.20. The maximum Gasteiger partial charge on any atom is 0.164 e. The fourth-order valence-electron chi connectivity index (χ4n) is 1.66. The molecule has 13 heavy (non-hydrogen) atoms. The van der Waals surface area contributed by atoms with Crippen LogP contribution in [0.3, 0.4) is 0 Å². The monoisotopic (exact) mass is 186 g/mol. The van der Waals surface area contributed by atoms with E-state index in [0.29, 0.717) is 12.3 Å². The number of hydrogen-bond donors (Lipinski definition) is 1. The SMILES string of the molecule is CC(C)C(=O)[C@@H]1C[C@H](C)C[C@@H](O)O1. The molecule has 1 N–H and O–H groups in total. The molecule has 3 atom stereocenters. The van der Waals surface area contributed by atoms with Crippen LogP contribution in [0.2, 0.25) is 0 Å². The summed E-state index contributed by atoms with van der Waals surface area (Å²) in [6.07, 6.45) is 0.242. The summed E-state index contributed by atoms with van der Waals surface area (Å²) in [7, 11) is 0. The highest BCUT2D eigenvalue weighted by Crippen LogP contribution is 2.25. The van der Waals surface area contributed by atoms with Crippen LogP contribution in [-0.2, 0) is 9.53 Å². The molecule has 0 aliphatic carbocycles. The third-order valence-corrected chi connectivity index (χ3v) is 2.43. The molecule has 0 aromatic heterocycles. The lowest BCUT2D eigenvalue weighted by Gasteiger charge is -2.30. The highest BCUT2D eigenvalue weighted by Gasteiger charge is 2.31. The first-order valence-electron chi connectivity index (χ1n) is 4.88. The lowest BCUT2D eigenvalue weighted by molar-refractivity contribution is -0.184. The third-order valence-electron chi connectivity index (χ3n) is 2.43. The minimum atomic E-state index is -0.753. The number of carbonyl (C=O) groups is 1. The molecule has 0 spiro atoms. The number of ketones is 1. The first-order valence-corrected chi connectivity index (χ1v) is 4.88. The summed E-state index contributed by atoms with van der Waals surface area (Å²) in [6, 6.07) is 0. The lowest BCUT2D eigenvalue weighted by atomic mass is 9.91. The minimum Gasteiger partial charge on any atom is -0.368 e. The largest absolute Gasteiger partial charge is 0.368 e. The van der Waals surface area contributed by atoms with Crippen molar-refractivity contribution in [1.29, 1.82) is 0 Å². The molecule has 3 nitrogen and oxygen atoms in total. The van der Waals surface area contributed by atoms with E-state index in [1.54, 1.807) is 0 Å². The van der Waals surface area contributed by atoms with E-state index in [2.05, 4.69) is 0 Å². The van der Waals surface area contributed by atoms with Crippen molar-refractivity contribution in [3.63, 3.8) is 0 Å². The number of aliphatic hydroxyl groups is 1. The predicted molar refractivity (Wildman–Crippen MR) is 49.1 cm³/mol. The molecule has 1 aliphatic heterocycles. The molecule has 0 bridgehead atoms. The van der Waals surface area contributed by atoms with Crippen LogP contribution in [0.15, 0.2) is 0 Å². The normalized spacial score (nSPS) is 35.0. The Morgan fingerprint density at radius 3 is 2.54 bits per heavy atom. The van der Waals surface area contributed by atoms with Crippen LogP contribution in [0.5, 0.6) is 0 Å². The van der Waals surface area contributed by atoms with E-state index < -0.39 is 12.4 Å². The van der Waals surface area contributed by atoms with Crippen LogP contribution in [0.1, 0.15) is 33.6 Å². The van der Waals surface area contributed by atoms with Crippen molar-refractivity contribution in [2.45, 2.75) is 46.0 Å². The van der Waals surface area contributed by atoms with Gasteiger partial charge in [-0.3, -0.25) is 4.79 Å². The smallest absolute Gasteiger partial charge is 0.164 e. The summed E-state index contributed by atoms with van der Waals surface area (Å²) in [5.74, 6) is 0.463. The van der Waals surface area contributed by atoms with E-state index in [9.17, 15) is 9.90 Å². The second-order valence-electron chi connectivity index (χ2n) is 4.21. The summed E-state index contributed by atoms with van der Waals surface area (Å²) in [5, 5.41) is 9.31. The summed E-state index contributed by atoms with van der Waals surface area (Å²) < 4.78 is 5.19. The van der Waals surface area contributed by atoms with Crippen LogP contribution in [0.4, 0.5) is 0 Å². The Hall–Kier alpha value is -0.410. The maximum atomic E-state index is 11.6. The molecule has 0 unspecified atom stereocenters. The van der Waals surface area contributed by atoms with E-state index in [-0.39, 0.29) is 11.7 Å². The van der Waals surface area contributed by atoms with Gasteiger partial charge in [-0.05, 0) is 12.3 Å². The molecule has 0 aromatic rings. The van der Waals surface area contributed by atoms with Crippen LogP contribution >= 0.6 is 0 Å². The molecule has 1 saturated heterocycles. The van der Waals surface area contributed by atoms with Gasteiger partial charge in [-0.15, -0.1) is 0 Å². The summed E-state index contributed by atoms with van der Waals surface area (Å²) >= 11 is 0. The molecule has 1 fully saturated rings. The van der Waals surface area contributed by atoms with E-state index in [4.69, 9.17) is 4.74 Å². The molecule has 76 valence electrons. The fraction of sp³-hybridized carbons (Fsp3) is 0.900. The number of carbonyl (C=O) groups excluding carboxylic acids is 1. The van der Waals surface area contributed by atoms with Gasteiger partial charge in [-0.25, -0.2) is 0 Å². The summed E-state index contributed by atoms with van der Waals surface area (Å²) in [5.41, 5.74) is 0. The molecule has 1 aliphatic rings. The molecular formula is C10H18O3. The van der Waals surface area contributed by atoms with Gasteiger partial charge in [-0.2, -0.15) is 0 Å². The zero-order valence-corrected chi connectivity index (χ0v) is 8.49. The average Bonchev–Trinajstić information content (AvgIpc) is 2.01. The molecular weight excluding hydrogens is 168 g/mol. The predicted octanol–water partition coefficient (Wildman–Crippen LogP) is 1.34. The minimum absolute atomic E-state index is 0.0116. The quantitative estimate of drug-likeness (QED) is 0.708. The maximum absolute atomic E-state index is 11.6. The van der Waals surface area contributed by atoms with Gasteiger partial charge in [0.05, 0.1) is 0 Å². The van der Waals surface area contributed by atoms with Gasteiger partial charge in [0.1, 0.15) is 6.10 Å². The highest BCUT2D eigenvalue weighted by molar-refractivity contribution is 5.84. The second-order valence-corrected chi connectivity index (χ2v) is 4.21. The van der Waals surface area contributed by atoms with Gasteiger partial charge in [0.25, 0.3) is 0 Å². The van der Waals surface area contributed by atoms with Gasteiger partial charge >= 0.3 is 0 Å².